The van der Waals surface area contributed by atoms with Crippen molar-refractivity contribution in [1.29, 1.82) is 0 Å². The molecule has 650 valence electrons. The minimum atomic E-state index is -1.98. The molecule has 0 aliphatic carbocycles. The zero-order valence-corrected chi connectivity index (χ0v) is 70.1. The first kappa shape index (κ1) is 103. The second-order valence-electron chi connectivity index (χ2n) is 32.0. The highest BCUT2D eigenvalue weighted by Crippen LogP contribution is 2.34. The Morgan fingerprint density at radius 3 is 0.964 bits per heavy atom. The van der Waals surface area contributed by atoms with Gasteiger partial charge in [-0.15, -0.1) is 0 Å². The number of carbonyl (C=O) groups is 1. The summed E-state index contributed by atoms with van der Waals surface area (Å²) in [6.07, 6.45) is 72.2. The van der Waals surface area contributed by atoms with Crippen molar-refractivity contribution in [2.75, 3.05) is 26.4 Å². The summed E-state index contributed by atoms with van der Waals surface area (Å²) in [7, 11) is 0. The van der Waals surface area contributed by atoms with Crippen LogP contribution in [0.25, 0.3) is 0 Å². The molecule has 3 rings (SSSR count). The smallest absolute Gasteiger partial charge is 0.220 e. The standard InChI is InChI=1S/C93H165NO18/c1-3-5-7-9-11-13-15-17-19-21-23-25-27-29-31-33-35-37-38-39-41-43-45-47-49-51-53-55-57-59-61-63-65-67-69-71-81(99)94-76(77(98)70-68-66-64-62-60-58-56-54-52-50-48-46-44-42-40-36-34-32-30-28-26-24-22-20-18-16-14-12-10-8-6-4-2)75-107-91-87(105)84(102)89(79(73-96)109-91)112-93-88(106)85(103)90(80(74-97)110-93)111-92-86(104)83(101)82(100)78(72-95)108-92/h5,7,11,13,17,19,23,25,29,31,35,37,39,41,45,47,76-80,82-93,95-98,100-106H,3-4,6,8-10,12,14-16,18,20-22,24,26-28,30,32-34,36,38,40,42-44,46,48-75H2,1-2H3,(H,94,99)/b7-5-,13-11-,19-17-,25-23-,31-29-,37-35-,41-39-,47-45-. The van der Waals surface area contributed by atoms with Crippen molar-refractivity contribution in [1.82, 2.24) is 5.32 Å². The predicted molar refractivity (Wildman–Crippen MR) is 452 cm³/mol. The fourth-order valence-electron chi connectivity index (χ4n) is 15.0. The van der Waals surface area contributed by atoms with Gasteiger partial charge in [0.25, 0.3) is 0 Å². The van der Waals surface area contributed by atoms with Crippen LogP contribution in [0, 0.1) is 0 Å². The van der Waals surface area contributed by atoms with Crippen LogP contribution in [0.3, 0.4) is 0 Å². The highest BCUT2D eigenvalue weighted by Gasteiger charge is 2.54. The van der Waals surface area contributed by atoms with E-state index in [0.29, 0.717) is 12.8 Å². The van der Waals surface area contributed by atoms with Gasteiger partial charge >= 0.3 is 0 Å². The van der Waals surface area contributed by atoms with E-state index in [0.717, 1.165) is 109 Å². The number of aliphatic hydroxyl groups excluding tert-OH is 11. The number of ether oxygens (including phenoxy) is 6. The van der Waals surface area contributed by atoms with Crippen LogP contribution in [-0.4, -0.2) is 193 Å². The zero-order valence-electron chi connectivity index (χ0n) is 70.1. The minimum Gasteiger partial charge on any atom is -0.394 e. The quantitative estimate of drug-likeness (QED) is 0.0199. The summed E-state index contributed by atoms with van der Waals surface area (Å²) in [5.74, 6) is -0.246. The average molecular weight is 1590 g/mol. The van der Waals surface area contributed by atoms with Crippen molar-refractivity contribution < 1.29 is 89.4 Å². The third-order valence-electron chi connectivity index (χ3n) is 22.2. The molecule has 0 aromatic heterocycles. The molecule has 17 atom stereocenters. The SMILES string of the molecule is CC/C=C\C/C=C\C/C=C\C/C=C\C/C=C\C/C=C\C/C=C\C/C=C\CCCCCCCCCCCCC(=O)NC(COC1OC(CO)C(OC2OC(CO)C(OC3OC(CO)C(O)C(O)C3O)C(O)C2O)C(O)C1O)C(O)CCCCCCCCCCCCCCCCCCCCCCCCCCCCCCCCCC. The van der Waals surface area contributed by atoms with E-state index >= 15 is 0 Å². The van der Waals surface area contributed by atoms with E-state index in [-0.39, 0.29) is 18.9 Å². The summed E-state index contributed by atoms with van der Waals surface area (Å²) >= 11 is 0. The number of hydrogen-bond donors (Lipinski definition) is 12. The van der Waals surface area contributed by atoms with Gasteiger partial charge < -0.3 is 89.9 Å². The number of aliphatic hydroxyl groups is 11. The van der Waals surface area contributed by atoms with Gasteiger partial charge in [0.1, 0.15) is 73.2 Å². The molecule has 0 spiro atoms. The monoisotopic (exact) mass is 1580 g/mol. The molecule has 0 aromatic rings. The van der Waals surface area contributed by atoms with Gasteiger partial charge in [-0.05, 0) is 77.0 Å². The lowest BCUT2D eigenvalue weighted by Gasteiger charge is -2.48. The van der Waals surface area contributed by atoms with E-state index in [2.05, 4.69) is 116 Å². The largest absolute Gasteiger partial charge is 0.394 e. The van der Waals surface area contributed by atoms with Gasteiger partial charge in [-0.2, -0.15) is 0 Å². The predicted octanol–water partition coefficient (Wildman–Crippen LogP) is 17.5. The number of unbranched alkanes of at least 4 members (excludes halogenated alkanes) is 41. The Morgan fingerprint density at radius 2 is 0.616 bits per heavy atom. The second kappa shape index (κ2) is 71.8. The average Bonchev–Trinajstić information content (AvgIpc) is 0.782. The summed E-state index contributed by atoms with van der Waals surface area (Å²) in [6, 6.07) is -0.899. The minimum absolute atomic E-state index is 0.246. The maximum Gasteiger partial charge on any atom is 0.220 e. The lowest BCUT2D eigenvalue weighted by molar-refractivity contribution is -0.379. The van der Waals surface area contributed by atoms with Gasteiger partial charge in [0, 0.05) is 6.42 Å². The maximum absolute atomic E-state index is 13.5. The molecular weight excluding hydrogens is 1420 g/mol. The highest BCUT2D eigenvalue weighted by atomic mass is 16.8. The number of carbonyl (C=O) groups excluding carboxylic acids is 1. The number of nitrogens with one attached hydrogen (secondary N) is 1. The van der Waals surface area contributed by atoms with Crippen LogP contribution in [0.1, 0.15) is 354 Å². The molecule has 112 heavy (non-hydrogen) atoms. The number of amides is 1. The summed E-state index contributed by atoms with van der Waals surface area (Å²) in [5.41, 5.74) is 0. The zero-order chi connectivity index (χ0) is 81.0. The van der Waals surface area contributed by atoms with Gasteiger partial charge in [-0.25, -0.2) is 0 Å². The van der Waals surface area contributed by atoms with Gasteiger partial charge in [0.2, 0.25) is 5.91 Å². The molecule has 3 saturated heterocycles. The van der Waals surface area contributed by atoms with Crippen molar-refractivity contribution in [3.63, 3.8) is 0 Å². The number of rotatable bonds is 73. The summed E-state index contributed by atoms with van der Waals surface area (Å²) in [4.78, 5) is 13.5. The highest BCUT2D eigenvalue weighted by molar-refractivity contribution is 5.76. The molecule has 3 heterocycles. The van der Waals surface area contributed by atoms with Gasteiger partial charge in [0.05, 0.1) is 38.6 Å². The molecule has 19 nitrogen and oxygen atoms in total. The van der Waals surface area contributed by atoms with Gasteiger partial charge in [0.15, 0.2) is 18.9 Å². The molecule has 3 aliphatic rings. The van der Waals surface area contributed by atoms with E-state index in [4.69, 9.17) is 28.4 Å². The third kappa shape index (κ3) is 49.8. The molecule has 17 unspecified atom stereocenters. The molecule has 19 heteroatoms. The van der Waals surface area contributed by atoms with Crippen molar-refractivity contribution in [3.05, 3.63) is 97.2 Å². The molecular formula is C93H165NO18. The van der Waals surface area contributed by atoms with Crippen molar-refractivity contribution in [3.8, 4) is 0 Å². The molecule has 0 bridgehead atoms. The first-order valence-corrected chi connectivity index (χ1v) is 45.5. The van der Waals surface area contributed by atoms with Crippen LogP contribution in [0.5, 0.6) is 0 Å². The second-order valence-corrected chi connectivity index (χ2v) is 32.0. The Labute approximate surface area is 679 Å². The van der Waals surface area contributed by atoms with Crippen LogP contribution in [0.15, 0.2) is 97.2 Å². The van der Waals surface area contributed by atoms with Gasteiger partial charge in [-0.3, -0.25) is 4.79 Å². The molecule has 0 aromatic carbocycles. The third-order valence-corrected chi connectivity index (χ3v) is 22.2. The maximum atomic E-state index is 13.5. The lowest BCUT2D eigenvalue weighted by atomic mass is 9.96. The fraction of sp³-hybridized carbons (Fsp3) is 0.817. The van der Waals surface area contributed by atoms with Crippen LogP contribution in [0.2, 0.25) is 0 Å². The van der Waals surface area contributed by atoms with E-state index in [1.807, 2.05) is 0 Å². The Bertz CT molecular complexity index is 2400. The molecule has 0 radical (unpaired) electrons. The van der Waals surface area contributed by atoms with E-state index in [1.165, 1.54) is 212 Å². The number of hydrogen-bond acceptors (Lipinski definition) is 18. The Balaban J connectivity index is 1.33. The first-order chi connectivity index (χ1) is 54.8. The number of allylic oxidation sites excluding steroid dienone is 16. The van der Waals surface area contributed by atoms with Crippen molar-refractivity contribution in [2.45, 2.75) is 458 Å². The summed E-state index contributed by atoms with van der Waals surface area (Å²) in [5, 5.41) is 121. The summed E-state index contributed by atoms with van der Waals surface area (Å²) < 4.78 is 34.6. The Kier molecular flexibility index (Phi) is 66.0. The van der Waals surface area contributed by atoms with E-state index in [1.54, 1.807) is 0 Å². The Morgan fingerprint density at radius 1 is 0.330 bits per heavy atom. The van der Waals surface area contributed by atoms with Crippen molar-refractivity contribution in [2.24, 2.45) is 0 Å². The first-order valence-electron chi connectivity index (χ1n) is 45.5. The Hall–Kier alpha value is -3.29. The summed E-state index contributed by atoms with van der Waals surface area (Å²) in [6.45, 7) is 1.73. The van der Waals surface area contributed by atoms with Crippen LogP contribution in [0.4, 0.5) is 0 Å². The molecule has 3 fully saturated rings. The fourth-order valence-corrected chi connectivity index (χ4v) is 15.0. The van der Waals surface area contributed by atoms with Crippen molar-refractivity contribution >= 4 is 5.91 Å². The lowest BCUT2D eigenvalue weighted by Crippen LogP contribution is -2.66. The van der Waals surface area contributed by atoms with Crippen LogP contribution in [-0.2, 0) is 33.2 Å². The molecule has 3 aliphatic heterocycles. The van der Waals surface area contributed by atoms with Gasteiger partial charge in [-0.1, -0.05) is 368 Å². The normalized spacial score (nSPS) is 25.4. The van der Waals surface area contributed by atoms with E-state index in [9.17, 15) is 61.0 Å². The topological polar surface area (TPSA) is 307 Å². The molecule has 0 saturated carbocycles. The molecule has 12 N–H and O–H groups in total. The van der Waals surface area contributed by atoms with E-state index < -0.39 is 124 Å². The van der Waals surface area contributed by atoms with Crippen LogP contribution < -0.4 is 5.32 Å². The van der Waals surface area contributed by atoms with Crippen LogP contribution >= 0.6 is 0 Å². The molecule has 1 amide bonds.